The lowest BCUT2D eigenvalue weighted by Crippen LogP contribution is -2.57. The molecule has 0 bridgehead atoms. The normalized spacial score (nSPS) is 15.2. The minimum absolute atomic E-state index is 0.245. The van der Waals surface area contributed by atoms with Crippen molar-refractivity contribution in [2.75, 3.05) is 13.1 Å². The van der Waals surface area contributed by atoms with Crippen LogP contribution in [-0.4, -0.2) is 41.5 Å². The number of carbonyl (C=O) groups is 1. The molecule has 0 saturated heterocycles. The lowest BCUT2D eigenvalue weighted by Gasteiger charge is -2.36. The molecular formula is C17H37N3O. The van der Waals surface area contributed by atoms with Gasteiger partial charge < -0.3 is 16.0 Å². The average molecular weight is 300 g/mol. The van der Waals surface area contributed by atoms with Crippen molar-refractivity contribution < 1.29 is 4.79 Å². The molecule has 0 aliphatic carbocycles. The minimum Gasteiger partial charge on any atom is -0.368 e. The fourth-order valence-corrected chi connectivity index (χ4v) is 2.97. The zero-order chi connectivity index (χ0) is 16.6. The number of nitrogens with zero attached hydrogens (tertiary/aromatic N) is 1. The Morgan fingerprint density at radius 1 is 1.19 bits per heavy atom. The van der Waals surface area contributed by atoms with Gasteiger partial charge in [0.05, 0.1) is 5.54 Å². The van der Waals surface area contributed by atoms with Crippen LogP contribution in [0.2, 0.25) is 0 Å². The molecule has 126 valence electrons. The number of primary amides is 1. The Hall–Kier alpha value is -0.610. The molecule has 0 heterocycles. The number of amides is 1. The predicted molar refractivity (Wildman–Crippen MR) is 91.3 cm³/mol. The largest absolute Gasteiger partial charge is 0.368 e. The van der Waals surface area contributed by atoms with Crippen molar-refractivity contribution in [1.29, 1.82) is 0 Å². The zero-order valence-corrected chi connectivity index (χ0v) is 15.2. The summed E-state index contributed by atoms with van der Waals surface area (Å²) in [6, 6.07) is 0.831. The van der Waals surface area contributed by atoms with Gasteiger partial charge in [-0.3, -0.25) is 4.79 Å². The van der Waals surface area contributed by atoms with E-state index in [0.717, 1.165) is 32.4 Å². The maximum absolute atomic E-state index is 11.8. The van der Waals surface area contributed by atoms with Gasteiger partial charge in [-0.25, -0.2) is 0 Å². The topological polar surface area (TPSA) is 58.4 Å². The summed E-state index contributed by atoms with van der Waals surface area (Å²) in [6.07, 6.45) is 3.05. The van der Waals surface area contributed by atoms with E-state index in [1.165, 1.54) is 0 Å². The molecule has 1 amide bonds. The number of rotatable bonds is 11. The molecule has 0 aromatic rings. The van der Waals surface area contributed by atoms with Gasteiger partial charge in [-0.15, -0.1) is 0 Å². The molecule has 4 heteroatoms. The molecule has 0 saturated carbocycles. The first-order valence-corrected chi connectivity index (χ1v) is 8.47. The lowest BCUT2D eigenvalue weighted by molar-refractivity contribution is -0.124. The summed E-state index contributed by atoms with van der Waals surface area (Å²) in [6.45, 7) is 17.0. The summed E-state index contributed by atoms with van der Waals surface area (Å²) >= 11 is 0. The molecule has 0 radical (unpaired) electrons. The van der Waals surface area contributed by atoms with Gasteiger partial charge in [0.1, 0.15) is 0 Å². The molecule has 0 aliphatic rings. The van der Waals surface area contributed by atoms with Crippen LogP contribution in [-0.2, 0) is 4.79 Å². The zero-order valence-electron chi connectivity index (χ0n) is 15.2. The molecule has 3 N–H and O–H groups in total. The van der Waals surface area contributed by atoms with Crippen molar-refractivity contribution in [3.8, 4) is 0 Å². The standard InChI is InChI=1S/C17H37N3O/c1-8-15(9-2)20(12-13(3)4)11-10-17(7,16(18)21)19-14(5)6/h13-15,19H,8-12H2,1-7H3,(H2,18,21). The maximum atomic E-state index is 11.8. The Labute approximate surface area is 131 Å². The first kappa shape index (κ1) is 20.4. The van der Waals surface area contributed by atoms with Crippen LogP contribution in [0.3, 0.4) is 0 Å². The molecule has 21 heavy (non-hydrogen) atoms. The second-order valence-electron chi connectivity index (χ2n) is 7.10. The van der Waals surface area contributed by atoms with Gasteiger partial charge in [-0.05, 0) is 46.0 Å². The van der Waals surface area contributed by atoms with Gasteiger partial charge in [0.25, 0.3) is 0 Å². The van der Waals surface area contributed by atoms with Crippen LogP contribution >= 0.6 is 0 Å². The summed E-state index contributed by atoms with van der Waals surface area (Å²) in [5, 5.41) is 3.34. The summed E-state index contributed by atoms with van der Waals surface area (Å²) < 4.78 is 0. The van der Waals surface area contributed by atoms with Crippen molar-refractivity contribution in [2.45, 2.75) is 85.4 Å². The average Bonchev–Trinajstić information content (AvgIpc) is 2.35. The summed E-state index contributed by atoms with van der Waals surface area (Å²) in [5.74, 6) is 0.369. The number of nitrogens with two attached hydrogens (primary N) is 1. The Kier molecular flexibility index (Phi) is 9.14. The van der Waals surface area contributed by atoms with Crippen molar-refractivity contribution in [1.82, 2.24) is 10.2 Å². The smallest absolute Gasteiger partial charge is 0.237 e. The summed E-state index contributed by atoms with van der Waals surface area (Å²) in [4.78, 5) is 14.4. The first-order valence-electron chi connectivity index (χ1n) is 8.47. The molecule has 4 nitrogen and oxygen atoms in total. The van der Waals surface area contributed by atoms with Crippen LogP contribution in [0.25, 0.3) is 0 Å². The molecule has 1 atom stereocenters. The Morgan fingerprint density at radius 2 is 1.71 bits per heavy atom. The van der Waals surface area contributed by atoms with Gasteiger partial charge in [0, 0.05) is 25.2 Å². The van der Waals surface area contributed by atoms with E-state index in [0.29, 0.717) is 12.0 Å². The minimum atomic E-state index is -0.630. The number of carbonyl (C=O) groups excluding carboxylic acids is 1. The molecule has 1 unspecified atom stereocenters. The van der Waals surface area contributed by atoms with E-state index in [4.69, 9.17) is 5.73 Å². The molecule has 0 fully saturated rings. The molecule has 0 aromatic carbocycles. The highest BCUT2D eigenvalue weighted by Gasteiger charge is 2.32. The Morgan fingerprint density at radius 3 is 2.05 bits per heavy atom. The van der Waals surface area contributed by atoms with Crippen LogP contribution in [0.4, 0.5) is 0 Å². The van der Waals surface area contributed by atoms with Crippen molar-refractivity contribution in [3.05, 3.63) is 0 Å². The Balaban J connectivity index is 4.86. The number of nitrogens with one attached hydrogen (secondary N) is 1. The fourth-order valence-electron chi connectivity index (χ4n) is 2.97. The van der Waals surface area contributed by atoms with Crippen LogP contribution in [0, 0.1) is 5.92 Å². The van der Waals surface area contributed by atoms with Gasteiger partial charge in [-0.2, -0.15) is 0 Å². The van der Waals surface area contributed by atoms with Crippen molar-refractivity contribution >= 4 is 5.91 Å². The van der Waals surface area contributed by atoms with E-state index in [9.17, 15) is 4.79 Å². The van der Waals surface area contributed by atoms with Crippen LogP contribution in [0.1, 0.15) is 67.7 Å². The third-order valence-electron chi connectivity index (χ3n) is 4.11. The van der Waals surface area contributed by atoms with Gasteiger partial charge in [0.15, 0.2) is 0 Å². The fraction of sp³-hybridized carbons (Fsp3) is 0.941. The monoisotopic (exact) mass is 299 g/mol. The highest BCUT2D eigenvalue weighted by Crippen LogP contribution is 2.17. The van der Waals surface area contributed by atoms with Gasteiger partial charge >= 0.3 is 0 Å². The van der Waals surface area contributed by atoms with Crippen LogP contribution < -0.4 is 11.1 Å². The Bertz CT molecular complexity index is 300. The quantitative estimate of drug-likeness (QED) is 0.617. The number of hydrogen-bond donors (Lipinski definition) is 2. The van der Waals surface area contributed by atoms with Crippen molar-refractivity contribution in [3.63, 3.8) is 0 Å². The summed E-state index contributed by atoms with van der Waals surface area (Å²) in [5.41, 5.74) is 5.00. The first-order chi connectivity index (χ1) is 9.66. The second-order valence-corrected chi connectivity index (χ2v) is 7.10. The highest BCUT2D eigenvalue weighted by molar-refractivity contribution is 5.84. The molecular weight excluding hydrogens is 262 g/mol. The van der Waals surface area contributed by atoms with Crippen LogP contribution in [0.5, 0.6) is 0 Å². The molecule has 0 rings (SSSR count). The number of hydrogen-bond acceptors (Lipinski definition) is 3. The maximum Gasteiger partial charge on any atom is 0.237 e. The van der Waals surface area contributed by atoms with E-state index in [2.05, 4.69) is 37.9 Å². The third kappa shape index (κ3) is 7.28. The van der Waals surface area contributed by atoms with E-state index in [-0.39, 0.29) is 11.9 Å². The van der Waals surface area contributed by atoms with E-state index in [1.807, 2.05) is 20.8 Å². The van der Waals surface area contributed by atoms with E-state index >= 15 is 0 Å². The molecule has 0 aliphatic heterocycles. The molecule has 0 spiro atoms. The van der Waals surface area contributed by atoms with Gasteiger partial charge in [-0.1, -0.05) is 27.7 Å². The SMILES string of the molecule is CCC(CC)N(CCC(C)(NC(C)C)C(N)=O)CC(C)C. The highest BCUT2D eigenvalue weighted by atomic mass is 16.1. The van der Waals surface area contributed by atoms with E-state index < -0.39 is 5.54 Å². The van der Waals surface area contributed by atoms with E-state index in [1.54, 1.807) is 0 Å². The second kappa shape index (κ2) is 9.42. The third-order valence-corrected chi connectivity index (χ3v) is 4.11. The summed E-state index contributed by atoms with van der Waals surface area (Å²) in [7, 11) is 0. The van der Waals surface area contributed by atoms with Crippen LogP contribution in [0.15, 0.2) is 0 Å². The predicted octanol–water partition coefficient (Wildman–Crippen LogP) is 2.77. The molecule has 0 aromatic heterocycles. The van der Waals surface area contributed by atoms with Gasteiger partial charge in [0.2, 0.25) is 5.91 Å². The lowest BCUT2D eigenvalue weighted by atomic mass is 9.94. The van der Waals surface area contributed by atoms with Crippen molar-refractivity contribution in [2.24, 2.45) is 11.7 Å².